The molecule has 0 atom stereocenters. The fraction of sp³-hybridized carbons (Fsp3) is 0.429. The first-order chi connectivity index (χ1) is 9.74. The van der Waals surface area contributed by atoms with Crippen LogP contribution in [0, 0.1) is 0 Å². The van der Waals surface area contributed by atoms with E-state index >= 15 is 0 Å². The molecule has 0 radical (unpaired) electrons. The van der Waals surface area contributed by atoms with Gasteiger partial charge < -0.3 is 20.7 Å². The van der Waals surface area contributed by atoms with Gasteiger partial charge in [0.1, 0.15) is 5.75 Å². The van der Waals surface area contributed by atoms with Crippen LogP contribution in [-0.4, -0.2) is 30.5 Å². The Morgan fingerprint density at radius 1 is 1.43 bits per heavy atom. The third-order valence-electron chi connectivity index (χ3n) is 2.76. The summed E-state index contributed by atoms with van der Waals surface area (Å²) in [5, 5.41) is 8.79. The van der Waals surface area contributed by atoms with Crippen LogP contribution in [0.5, 0.6) is 5.75 Å². The first-order valence-corrected chi connectivity index (χ1v) is 6.93. The van der Waals surface area contributed by atoms with Crippen LogP contribution >= 0.6 is 11.6 Å². The second kappa shape index (κ2) is 5.91. The Balaban J connectivity index is 2.07. The molecule has 3 N–H and O–H groups in total. The first kappa shape index (κ1) is 15.6. The van der Waals surface area contributed by atoms with E-state index in [1.54, 1.807) is 12.1 Å². The van der Waals surface area contributed by atoms with E-state index < -0.39 is 0 Å². The van der Waals surface area contributed by atoms with E-state index in [2.05, 4.69) is 16.0 Å². The number of hydrogen-bond acceptors (Lipinski definition) is 4. The molecule has 1 heterocycles. The zero-order chi connectivity index (χ0) is 15.6. The molecule has 6 nitrogen and oxygen atoms in total. The van der Waals surface area contributed by atoms with E-state index in [0.717, 1.165) is 0 Å². The minimum Gasteiger partial charge on any atom is -0.482 e. The van der Waals surface area contributed by atoms with E-state index in [1.165, 1.54) is 0 Å². The van der Waals surface area contributed by atoms with Gasteiger partial charge in [-0.1, -0.05) is 11.6 Å². The Kier molecular flexibility index (Phi) is 4.39. The number of benzene rings is 1. The van der Waals surface area contributed by atoms with Crippen molar-refractivity contribution in [2.24, 2.45) is 0 Å². The monoisotopic (exact) mass is 311 g/mol. The van der Waals surface area contributed by atoms with Crippen LogP contribution in [0.1, 0.15) is 20.8 Å². The summed E-state index contributed by atoms with van der Waals surface area (Å²) in [6.07, 6.45) is 0. The molecular weight excluding hydrogens is 294 g/mol. The molecule has 0 fully saturated rings. The zero-order valence-corrected chi connectivity index (χ0v) is 12.9. The number of carbonyl (C=O) groups excluding carboxylic acids is 2. The van der Waals surface area contributed by atoms with Gasteiger partial charge in [-0.3, -0.25) is 9.59 Å². The summed E-state index contributed by atoms with van der Waals surface area (Å²) in [7, 11) is 0. The summed E-state index contributed by atoms with van der Waals surface area (Å²) < 4.78 is 5.29. The highest BCUT2D eigenvalue weighted by Gasteiger charge is 2.19. The van der Waals surface area contributed by atoms with E-state index in [-0.39, 0.29) is 30.5 Å². The summed E-state index contributed by atoms with van der Waals surface area (Å²) in [6.45, 7) is 6.05. The van der Waals surface area contributed by atoms with E-state index in [9.17, 15) is 9.59 Å². The SMILES string of the molecule is CC(C)(C)NCC(=O)Nc1cc2c(cc1Cl)NC(=O)CO2. The lowest BCUT2D eigenvalue weighted by Gasteiger charge is -2.21. The fourth-order valence-corrected chi connectivity index (χ4v) is 1.95. The van der Waals surface area contributed by atoms with E-state index in [4.69, 9.17) is 16.3 Å². The number of ether oxygens (including phenoxy) is 1. The predicted molar refractivity (Wildman–Crippen MR) is 82.0 cm³/mol. The Morgan fingerprint density at radius 2 is 2.14 bits per heavy atom. The van der Waals surface area contributed by atoms with Crippen LogP contribution in [0.3, 0.4) is 0 Å². The van der Waals surface area contributed by atoms with Crippen molar-refractivity contribution in [2.45, 2.75) is 26.3 Å². The lowest BCUT2D eigenvalue weighted by molar-refractivity contribution is -0.118. The minimum absolute atomic E-state index is 0.0480. The van der Waals surface area contributed by atoms with Gasteiger partial charge >= 0.3 is 0 Å². The largest absolute Gasteiger partial charge is 0.482 e. The van der Waals surface area contributed by atoms with E-state index in [0.29, 0.717) is 22.1 Å². The van der Waals surface area contributed by atoms with Gasteiger partial charge in [0.05, 0.1) is 22.9 Å². The summed E-state index contributed by atoms with van der Waals surface area (Å²) >= 11 is 6.10. The summed E-state index contributed by atoms with van der Waals surface area (Å²) in [5.74, 6) is 0.0504. The van der Waals surface area contributed by atoms with Crippen molar-refractivity contribution in [3.05, 3.63) is 17.2 Å². The quantitative estimate of drug-likeness (QED) is 0.797. The molecule has 0 saturated heterocycles. The molecule has 0 aromatic heterocycles. The Bertz CT molecular complexity index is 582. The molecule has 2 amide bonds. The molecule has 21 heavy (non-hydrogen) atoms. The van der Waals surface area contributed by atoms with Crippen molar-refractivity contribution in [1.29, 1.82) is 0 Å². The van der Waals surface area contributed by atoms with Crippen molar-refractivity contribution >= 4 is 34.8 Å². The number of amides is 2. The molecule has 0 saturated carbocycles. The Morgan fingerprint density at radius 3 is 2.81 bits per heavy atom. The predicted octanol–water partition coefficient (Wildman–Crippen LogP) is 2.00. The lowest BCUT2D eigenvalue weighted by atomic mass is 10.1. The number of rotatable bonds is 3. The molecule has 0 unspecified atom stereocenters. The highest BCUT2D eigenvalue weighted by atomic mass is 35.5. The maximum atomic E-state index is 11.9. The minimum atomic E-state index is -0.232. The molecule has 0 aliphatic carbocycles. The van der Waals surface area contributed by atoms with Crippen molar-refractivity contribution in [2.75, 3.05) is 23.8 Å². The highest BCUT2D eigenvalue weighted by Crippen LogP contribution is 2.36. The highest BCUT2D eigenvalue weighted by molar-refractivity contribution is 6.34. The number of halogens is 1. The second-order valence-electron chi connectivity index (χ2n) is 5.82. The maximum Gasteiger partial charge on any atom is 0.262 e. The number of anilines is 2. The summed E-state index contributed by atoms with van der Waals surface area (Å²) in [6, 6.07) is 3.16. The van der Waals surface area contributed by atoms with Gasteiger partial charge in [-0.2, -0.15) is 0 Å². The molecule has 0 spiro atoms. The van der Waals surface area contributed by atoms with Crippen LogP contribution in [-0.2, 0) is 9.59 Å². The fourth-order valence-electron chi connectivity index (χ4n) is 1.74. The van der Waals surface area contributed by atoms with Gasteiger partial charge in [-0.05, 0) is 26.8 Å². The standard InChI is InChI=1S/C14H18ClN3O3/c1-14(2,3)16-6-12(19)17-9-5-11-10(4-8(9)15)18-13(20)7-21-11/h4-5,16H,6-7H2,1-3H3,(H,17,19)(H,18,20). The molecular formula is C14H18ClN3O3. The van der Waals surface area contributed by atoms with Gasteiger partial charge in [-0.15, -0.1) is 0 Å². The third-order valence-corrected chi connectivity index (χ3v) is 3.07. The molecule has 1 aliphatic heterocycles. The van der Waals surface area contributed by atoms with Gasteiger partial charge in [0, 0.05) is 11.6 Å². The molecule has 0 bridgehead atoms. The van der Waals surface area contributed by atoms with Gasteiger partial charge in [0.15, 0.2) is 6.61 Å². The molecule has 1 aromatic carbocycles. The molecule has 1 aromatic rings. The van der Waals surface area contributed by atoms with Crippen molar-refractivity contribution < 1.29 is 14.3 Å². The van der Waals surface area contributed by atoms with Crippen LogP contribution in [0.25, 0.3) is 0 Å². The van der Waals surface area contributed by atoms with Crippen molar-refractivity contribution in [1.82, 2.24) is 5.32 Å². The lowest BCUT2D eigenvalue weighted by Crippen LogP contribution is -2.41. The zero-order valence-electron chi connectivity index (χ0n) is 12.2. The first-order valence-electron chi connectivity index (χ1n) is 6.56. The smallest absolute Gasteiger partial charge is 0.262 e. The van der Waals surface area contributed by atoms with Crippen LogP contribution in [0.4, 0.5) is 11.4 Å². The molecule has 114 valence electrons. The molecule has 2 rings (SSSR count). The third kappa shape index (κ3) is 4.34. The van der Waals surface area contributed by atoms with Crippen molar-refractivity contribution in [3.63, 3.8) is 0 Å². The average Bonchev–Trinajstić information content (AvgIpc) is 2.37. The number of hydrogen-bond donors (Lipinski definition) is 3. The normalized spacial score (nSPS) is 14.0. The summed E-state index contributed by atoms with van der Waals surface area (Å²) in [4.78, 5) is 23.1. The Hall–Kier alpha value is -1.79. The maximum absolute atomic E-state index is 11.9. The molecule has 7 heteroatoms. The number of carbonyl (C=O) groups is 2. The topological polar surface area (TPSA) is 79.5 Å². The van der Waals surface area contributed by atoms with Crippen LogP contribution in [0.2, 0.25) is 5.02 Å². The molecule has 1 aliphatic rings. The van der Waals surface area contributed by atoms with Crippen molar-refractivity contribution in [3.8, 4) is 5.75 Å². The number of nitrogens with one attached hydrogen (secondary N) is 3. The van der Waals surface area contributed by atoms with Gasteiger partial charge in [0.25, 0.3) is 5.91 Å². The average molecular weight is 312 g/mol. The second-order valence-corrected chi connectivity index (χ2v) is 6.22. The van der Waals surface area contributed by atoms with Gasteiger partial charge in [-0.25, -0.2) is 0 Å². The summed E-state index contributed by atoms with van der Waals surface area (Å²) in [5.41, 5.74) is 0.805. The number of fused-ring (bicyclic) bond motifs is 1. The van der Waals surface area contributed by atoms with Crippen LogP contribution in [0.15, 0.2) is 12.1 Å². The Labute approximate surface area is 128 Å². The van der Waals surface area contributed by atoms with Crippen LogP contribution < -0.4 is 20.7 Å². The van der Waals surface area contributed by atoms with Gasteiger partial charge in [0.2, 0.25) is 5.91 Å². The van der Waals surface area contributed by atoms with E-state index in [1.807, 2.05) is 20.8 Å².